The third kappa shape index (κ3) is 4.19. The van der Waals surface area contributed by atoms with Crippen molar-refractivity contribution in [3.05, 3.63) is 35.9 Å². The minimum absolute atomic E-state index is 0.121. The van der Waals surface area contributed by atoms with E-state index in [4.69, 9.17) is 9.47 Å². The standard InChI is InChI=1S/C14H18O3/c15-14(9-13-7-4-8-16-10-13)17-11-12-5-2-1-3-6-12/h1-3,5-6,13H,4,7-11H2/t13-/m1/s1. The van der Waals surface area contributed by atoms with Crippen LogP contribution in [0.4, 0.5) is 0 Å². The molecule has 1 heterocycles. The number of carbonyl (C=O) groups is 1. The zero-order valence-corrected chi connectivity index (χ0v) is 9.93. The molecule has 0 radical (unpaired) electrons. The van der Waals surface area contributed by atoms with E-state index in [2.05, 4.69) is 0 Å². The molecule has 0 bridgehead atoms. The molecule has 0 unspecified atom stereocenters. The number of rotatable bonds is 4. The van der Waals surface area contributed by atoms with Crippen LogP contribution in [0.2, 0.25) is 0 Å². The van der Waals surface area contributed by atoms with E-state index in [-0.39, 0.29) is 5.97 Å². The van der Waals surface area contributed by atoms with Gasteiger partial charge in [-0.25, -0.2) is 0 Å². The molecule has 3 nitrogen and oxygen atoms in total. The van der Waals surface area contributed by atoms with Crippen molar-refractivity contribution in [2.24, 2.45) is 5.92 Å². The maximum Gasteiger partial charge on any atom is 0.306 e. The van der Waals surface area contributed by atoms with Crippen LogP contribution < -0.4 is 0 Å². The Kier molecular flexibility index (Phi) is 4.56. The fourth-order valence-electron chi connectivity index (χ4n) is 2.00. The first-order valence-corrected chi connectivity index (χ1v) is 6.12. The van der Waals surface area contributed by atoms with E-state index in [1.807, 2.05) is 30.3 Å². The molecule has 0 N–H and O–H groups in total. The lowest BCUT2D eigenvalue weighted by Crippen LogP contribution is -2.21. The van der Waals surface area contributed by atoms with Crippen molar-refractivity contribution >= 4 is 5.97 Å². The molecule has 1 aliphatic rings. The number of hydrogen-bond acceptors (Lipinski definition) is 3. The molecule has 1 aliphatic heterocycles. The van der Waals surface area contributed by atoms with Gasteiger partial charge in [0.2, 0.25) is 0 Å². The second kappa shape index (κ2) is 6.40. The van der Waals surface area contributed by atoms with Crippen LogP contribution in [0, 0.1) is 5.92 Å². The molecule has 92 valence electrons. The summed E-state index contributed by atoms with van der Waals surface area (Å²) in [6, 6.07) is 9.75. The van der Waals surface area contributed by atoms with Crippen LogP contribution in [0.3, 0.4) is 0 Å². The molecule has 2 rings (SSSR count). The third-order valence-electron chi connectivity index (χ3n) is 2.95. The van der Waals surface area contributed by atoms with E-state index < -0.39 is 0 Å². The molecular formula is C14H18O3. The van der Waals surface area contributed by atoms with Gasteiger partial charge in [-0.2, -0.15) is 0 Å². The molecule has 0 saturated carbocycles. The highest BCUT2D eigenvalue weighted by Gasteiger charge is 2.18. The molecular weight excluding hydrogens is 216 g/mol. The van der Waals surface area contributed by atoms with Gasteiger partial charge in [0.1, 0.15) is 6.61 Å². The van der Waals surface area contributed by atoms with Gasteiger partial charge in [0.05, 0.1) is 6.42 Å². The highest BCUT2D eigenvalue weighted by Crippen LogP contribution is 2.17. The summed E-state index contributed by atoms with van der Waals surface area (Å²) in [5, 5.41) is 0. The maximum atomic E-state index is 11.6. The Morgan fingerprint density at radius 3 is 2.88 bits per heavy atom. The SMILES string of the molecule is O=C(C[C@H]1CCCOC1)OCc1ccccc1. The first-order valence-electron chi connectivity index (χ1n) is 6.12. The first kappa shape index (κ1) is 12.1. The Bertz CT molecular complexity index is 342. The van der Waals surface area contributed by atoms with Crippen molar-refractivity contribution in [1.29, 1.82) is 0 Å². The zero-order valence-electron chi connectivity index (χ0n) is 9.93. The summed E-state index contributed by atoms with van der Waals surface area (Å²) in [6.07, 6.45) is 2.60. The first-order chi connectivity index (χ1) is 8.34. The highest BCUT2D eigenvalue weighted by molar-refractivity contribution is 5.69. The normalized spacial score (nSPS) is 19.9. The Morgan fingerprint density at radius 2 is 2.18 bits per heavy atom. The fraction of sp³-hybridized carbons (Fsp3) is 0.500. The summed E-state index contributed by atoms with van der Waals surface area (Å²) < 4.78 is 10.6. The zero-order chi connectivity index (χ0) is 11.9. The molecule has 0 amide bonds. The van der Waals surface area contributed by atoms with Gasteiger partial charge in [-0.3, -0.25) is 4.79 Å². The van der Waals surface area contributed by atoms with E-state index >= 15 is 0 Å². The van der Waals surface area contributed by atoms with Gasteiger partial charge in [-0.1, -0.05) is 30.3 Å². The van der Waals surface area contributed by atoms with Crippen molar-refractivity contribution in [3.63, 3.8) is 0 Å². The topological polar surface area (TPSA) is 35.5 Å². The Hall–Kier alpha value is -1.35. The second-order valence-corrected chi connectivity index (χ2v) is 4.43. The van der Waals surface area contributed by atoms with Gasteiger partial charge >= 0.3 is 5.97 Å². The molecule has 3 heteroatoms. The number of carbonyl (C=O) groups excluding carboxylic acids is 1. The minimum Gasteiger partial charge on any atom is -0.461 e. The van der Waals surface area contributed by atoms with Crippen molar-refractivity contribution in [2.45, 2.75) is 25.9 Å². The number of esters is 1. The van der Waals surface area contributed by atoms with Crippen molar-refractivity contribution < 1.29 is 14.3 Å². The fourth-order valence-corrected chi connectivity index (χ4v) is 2.00. The summed E-state index contributed by atoms with van der Waals surface area (Å²) in [4.78, 5) is 11.6. The lowest BCUT2D eigenvalue weighted by atomic mass is 9.99. The summed E-state index contributed by atoms with van der Waals surface area (Å²) in [5.74, 6) is 0.219. The molecule has 1 saturated heterocycles. The Labute approximate surface area is 102 Å². The van der Waals surface area contributed by atoms with Crippen molar-refractivity contribution in [1.82, 2.24) is 0 Å². The monoisotopic (exact) mass is 234 g/mol. The molecule has 0 spiro atoms. The van der Waals surface area contributed by atoms with E-state index in [1.165, 1.54) is 0 Å². The van der Waals surface area contributed by atoms with E-state index in [9.17, 15) is 4.79 Å². The summed E-state index contributed by atoms with van der Waals surface area (Å²) >= 11 is 0. The average Bonchev–Trinajstić information content (AvgIpc) is 2.39. The number of ether oxygens (including phenoxy) is 2. The van der Waals surface area contributed by atoms with Crippen LogP contribution in [0.5, 0.6) is 0 Å². The van der Waals surface area contributed by atoms with Crippen molar-refractivity contribution in [2.75, 3.05) is 13.2 Å². The molecule has 0 aliphatic carbocycles. The average molecular weight is 234 g/mol. The van der Waals surface area contributed by atoms with Gasteiger partial charge in [0.25, 0.3) is 0 Å². The quantitative estimate of drug-likeness (QED) is 0.751. The van der Waals surface area contributed by atoms with Crippen LogP contribution in [0.1, 0.15) is 24.8 Å². The predicted molar refractivity (Wildman–Crippen MR) is 64.4 cm³/mol. The molecule has 0 aromatic heterocycles. The molecule has 1 fully saturated rings. The van der Waals surface area contributed by atoms with Crippen LogP contribution in [-0.4, -0.2) is 19.2 Å². The Balaban J connectivity index is 1.70. The van der Waals surface area contributed by atoms with Gasteiger partial charge in [-0.05, 0) is 24.3 Å². The van der Waals surface area contributed by atoms with Crippen LogP contribution in [-0.2, 0) is 20.9 Å². The van der Waals surface area contributed by atoms with Gasteiger partial charge in [0.15, 0.2) is 0 Å². The third-order valence-corrected chi connectivity index (χ3v) is 2.95. The van der Waals surface area contributed by atoms with E-state index in [1.54, 1.807) is 0 Å². The smallest absolute Gasteiger partial charge is 0.306 e. The predicted octanol–water partition coefficient (Wildman–Crippen LogP) is 2.55. The lowest BCUT2D eigenvalue weighted by Gasteiger charge is -2.20. The van der Waals surface area contributed by atoms with Gasteiger partial charge < -0.3 is 9.47 Å². The van der Waals surface area contributed by atoms with Gasteiger partial charge in [-0.15, -0.1) is 0 Å². The number of benzene rings is 1. The minimum atomic E-state index is -0.121. The van der Waals surface area contributed by atoms with Crippen LogP contribution in [0.25, 0.3) is 0 Å². The van der Waals surface area contributed by atoms with E-state index in [0.717, 1.165) is 25.0 Å². The molecule has 1 aromatic rings. The largest absolute Gasteiger partial charge is 0.461 e. The van der Waals surface area contributed by atoms with Gasteiger partial charge in [0, 0.05) is 13.2 Å². The van der Waals surface area contributed by atoms with Crippen LogP contribution >= 0.6 is 0 Å². The summed E-state index contributed by atoms with van der Waals surface area (Å²) in [6.45, 7) is 1.89. The molecule has 1 aromatic carbocycles. The lowest BCUT2D eigenvalue weighted by molar-refractivity contribution is -0.147. The summed E-state index contributed by atoms with van der Waals surface area (Å²) in [5.41, 5.74) is 1.03. The van der Waals surface area contributed by atoms with Crippen molar-refractivity contribution in [3.8, 4) is 0 Å². The second-order valence-electron chi connectivity index (χ2n) is 4.43. The van der Waals surface area contributed by atoms with Crippen LogP contribution in [0.15, 0.2) is 30.3 Å². The maximum absolute atomic E-state index is 11.6. The van der Waals surface area contributed by atoms with E-state index in [0.29, 0.717) is 25.6 Å². The number of hydrogen-bond donors (Lipinski definition) is 0. The molecule has 17 heavy (non-hydrogen) atoms. The summed E-state index contributed by atoms with van der Waals surface area (Å²) in [7, 11) is 0. The molecule has 1 atom stereocenters. The Morgan fingerprint density at radius 1 is 1.35 bits per heavy atom. The highest BCUT2D eigenvalue weighted by atomic mass is 16.5.